The van der Waals surface area contributed by atoms with E-state index in [2.05, 4.69) is 10.3 Å². The van der Waals surface area contributed by atoms with Crippen molar-refractivity contribution in [3.8, 4) is 28.3 Å². The number of aromatic hydroxyl groups is 1. The molecule has 0 aliphatic heterocycles. The van der Waals surface area contributed by atoms with Gasteiger partial charge in [0.2, 0.25) is 0 Å². The Morgan fingerprint density at radius 2 is 1.60 bits per heavy atom. The van der Waals surface area contributed by atoms with Crippen LogP contribution in [0.4, 0.5) is 0 Å². The lowest BCUT2D eigenvalue weighted by Crippen LogP contribution is -2.06. The molecule has 0 saturated carbocycles. The van der Waals surface area contributed by atoms with Gasteiger partial charge in [-0.2, -0.15) is 4.52 Å². The Labute approximate surface area is 178 Å². The van der Waals surface area contributed by atoms with E-state index in [4.69, 9.17) is 16.6 Å². The third-order valence-electron chi connectivity index (χ3n) is 5.04. The van der Waals surface area contributed by atoms with E-state index < -0.39 is 0 Å². The summed E-state index contributed by atoms with van der Waals surface area (Å²) in [4.78, 5) is 4.82. The SMILES string of the molecule is Oc1ccccc1-c1nc2cnnn2c(-c2ccccc2)c1Cc1ccc(Cl)cc1. The van der Waals surface area contributed by atoms with Gasteiger partial charge in [-0.1, -0.05) is 71.4 Å². The van der Waals surface area contributed by atoms with E-state index in [-0.39, 0.29) is 5.75 Å². The lowest BCUT2D eigenvalue weighted by atomic mass is 9.94. The highest BCUT2D eigenvalue weighted by Crippen LogP contribution is 2.36. The van der Waals surface area contributed by atoms with Crippen molar-refractivity contribution in [2.24, 2.45) is 0 Å². The molecule has 5 aromatic rings. The molecule has 0 aliphatic rings. The highest BCUT2D eigenvalue weighted by atomic mass is 35.5. The molecule has 0 saturated heterocycles. The average Bonchev–Trinajstić information content (AvgIpc) is 3.24. The van der Waals surface area contributed by atoms with Gasteiger partial charge in [-0.25, -0.2) is 4.98 Å². The van der Waals surface area contributed by atoms with Crippen LogP contribution in [0, 0.1) is 0 Å². The monoisotopic (exact) mass is 412 g/mol. The molecule has 0 aliphatic carbocycles. The number of para-hydroxylation sites is 1. The zero-order valence-electron chi connectivity index (χ0n) is 15.9. The molecule has 3 aromatic carbocycles. The maximum absolute atomic E-state index is 10.6. The molecule has 0 spiro atoms. The van der Waals surface area contributed by atoms with Crippen LogP contribution in [-0.2, 0) is 6.42 Å². The molecule has 30 heavy (non-hydrogen) atoms. The number of nitrogens with zero attached hydrogens (tertiary/aromatic N) is 4. The third kappa shape index (κ3) is 3.29. The van der Waals surface area contributed by atoms with Crippen molar-refractivity contribution in [2.75, 3.05) is 0 Å². The topological polar surface area (TPSA) is 63.3 Å². The Kier molecular flexibility index (Phi) is 4.65. The number of fused-ring (bicyclic) bond motifs is 1. The van der Waals surface area contributed by atoms with Crippen LogP contribution >= 0.6 is 11.6 Å². The van der Waals surface area contributed by atoms with Gasteiger partial charge in [-0.15, -0.1) is 5.10 Å². The quantitative estimate of drug-likeness (QED) is 0.428. The Hall–Kier alpha value is -3.70. The van der Waals surface area contributed by atoms with Gasteiger partial charge in [-0.05, 0) is 29.8 Å². The van der Waals surface area contributed by atoms with Crippen molar-refractivity contribution < 1.29 is 5.11 Å². The zero-order chi connectivity index (χ0) is 20.5. The maximum atomic E-state index is 10.6. The fraction of sp³-hybridized carbons (Fsp3) is 0.0417. The first kappa shape index (κ1) is 18.3. The van der Waals surface area contributed by atoms with Gasteiger partial charge in [0, 0.05) is 28.1 Å². The fourth-order valence-corrected chi connectivity index (χ4v) is 3.78. The minimum absolute atomic E-state index is 0.179. The molecule has 146 valence electrons. The molecule has 6 heteroatoms. The summed E-state index contributed by atoms with van der Waals surface area (Å²) in [5, 5.41) is 19.6. The number of hydrogen-bond donors (Lipinski definition) is 1. The molecule has 0 radical (unpaired) electrons. The standard InChI is InChI=1S/C24H17ClN4O/c25-18-12-10-16(11-13-18)14-20-23(19-8-4-5-9-21(19)30)27-22-15-26-28-29(22)24(20)17-6-2-1-3-7-17/h1-13,15,30H,14H2. The maximum Gasteiger partial charge on any atom is 0.176 e. The molecule has 5 rings (SSSR count). The Bertz CT molecular complexity index is 1330. The summed E-state index contributed by atoms with van der Waals surface area (Å²) in [7, 11) is 0. The van der Waals surface area contributed by atoms with E-state index in [0.29, 0.717) is 28.3 Å². The molecule has 1 N–H and O–H groups in total. The van der Waals surface area contributed by atoms with Crippen LogP contribution in [-0.4, -0.2) is 24.9 Å². The molecule has 0 unspecified atom stereocenters. The number of phenolic OH excluding ortho intramolecular Hbond substituents is 1. The number of rotatable bonds is 4. The first-order valence-corrected chi connectivity index (χ1v) is 9.90. The highest BCUT2D eigenvalue weighted by molar-refractivity contribution is 6.30. The van der Waals surface area contributed by atoms with Gasteiger partial charge in [0.15, 0.2) is 5.65 Å². The summed E-state index contributed by atoms with van der Waals surface area (Å²) in [6.45, 7) is 0. The molecule has 2 heterocycles. The van der Waals surface area contributed by atoms with E-state index in [1.54, 1.807) is 22.8 Å². The predicted molar refractivity (Wildman–Crippen MR) is 118 cm³/mol. The summed E-state index contributed by atoms with van der Waals surface area (Å²) >= 11 is 6.09. The summed E-state index contributed by atoms with van der Waals surface area (Å²) in [5.41, 5.74) is 5.91. The summed E-state index contributed by atoms with van der Waals surface area (Å²) in [6, 6.07) is 25.0. The zero-order valence-corrected chi connectivity index (χ0v) is 16.7. The summed E-state index contributed by atoms with van der Waals surface area (Å²) in [5.74, 6) is 0.179. The van der Waals surface area contributed by atoms with Gasteiger partial charge in [0.05, 0.1) is 17.6 Å². The third-order valence-corrected chi connectivity index (χ3v) is 5.29. The number of halogens is 1. The lowest BCUT2D eigenvalue weighted by Gasteiger charge is -2.17. The van der Waals surface area contributed by atoms with E-state index in [0.717, 1.165) is 22.4 Å². The second-order valence-corrected chi connectivity index (χ2v) is 7.41. The first-order chi connectivity index (χ1) is 14.7. The number of aromatic nitrogens is 4. The minimum atomic E-state index is 0.179. The van der Waals surface area contributed by atoms with Gasteiger partial charge in [0.25, 0.3) is 0 Å². The van der Waals surface area contributed by atoms with Gasteiger partial charge in [0.1, 0.15) is 5.75 Å². The molecule has 5 nitrogen and oxygen atoms in total. The number of hydrogen-bond acceptors (Lipinski definition) is 4. The Morgan fingerprint density at radius 3 is 2.37 bits per heavy atom. The molecule has 0 bridgehead atoms. The van der Waals surface area contributed by atoms with Crippen molar-refractivity contribution in [3.63, 3.8) is 0 Å². The molecule has 0 atom stereocenters. The second kappa shape index (κ2) is 7.61. The predicted octanol–water partition coefficient (Wildman–Crippen LogP) is 5.41. The van der Waals surface area contributed by atoms with Crippen molar-refractivity contribution in [2.45, 2.75) is 6.42 Å². The molecular weight excluding hydrogens is 396 g/mol. The van der Waals surface area contributed by atoms with Crippen LogP contribution in [0.25, 0.3) is 28.2 Å². The van der Waals surface area contributed by atoms with Crippen LogP contribution in [0.5, 0.6) is 5.75 Å². The van der Waals surface area contributed by atoms with E-state index in [9.17, 15) is 5.11 Å². The van der Waals surface area contributed by atoms with Crippen LogP contribution in [0.1, 0.15) is 11.1 Å². The van der Waals surface area contributed by atoms with Gasteiger partial charge in [-0.3, -0.25) is 0 Å². The van der Waals surface area contributed by atoms with Crippen LogP contribution in [0.3, 0.4) is 0 Å². The van der Waals surface area contributed by atoms with Gasteiger partial charge < -0.3 is 5.11 Å². The average molecular weight is 413 g/mol. The first-order valence-electron chi connectivity index (χ1n) is 9.52. The Morgan fingerprint density at radius 1 is 0.867 bits per heavy atom. The van der Waals surface area contributed by atoms with Crippen molar-refractivity contribution in [1.29, 1.82) is 0 Å². The van der Waals surface area contributed by atoms with E-state index >= 15 is 0 Å². The lowest BCUT2D eigenvalue weighted by molar-refractivity contribution is 0.477. The largest absolute Gasteiger partial charge is 0.507 e. The van der Waals surface area contributed by atoms with Gasteiger partial charge >= 0.3 is 0 Å². The van der Waals surface area contributed by atoms with Crippen LogP contribution in [0.15, 0.2) is 85.1 Å². The molecule has 0 amide bonds. The minimum Gasteiger partial charge on any atom is -0.507 e. The van der Waals surface area contributed by atoms with Crippen LogP contribution < -0.4 is 0 Å². The van der Waals surface area contributed by atoms with Crippen molar-refractivity contribution >= 4 is 17.2 Å². The van der Waals surface area contributed by atoms with E-state index in [1.807, 2.05) is 66.7 Å². The van der Waals surface area contributed by atoms with Crippen LogP contribution in [0.2, 0.25) is 5.02 Å². The fourth-order valence-electron chi connectivity index (χ4n) is 3.65. The highest BCUT2D eigenvalue weighted by Gasteiger charge is 2.21. The summed E-state index contributed by atoms with van der Waals surface area (Å²) in [6.07, 6.45) is 2.22. The number of phenols is 1. The molecular formula is C24H17ClN4O. The smallest absolute Gasteiger partial charge is 0.176 e. The summed E-state index contributed by atoms with van der Waals surface area (Å²) < 4.78 is 1.75. The molecule has 0 fully saturated rings. The Balaban J connectivity index is 1.84. The molecule has 2 aromatic heterocycles. The second-order valence-electron chi connectivity index (χ2n) is 6.98. The van der Waals surface area contributed by atoms with Crippen molar-refractivity contribution in [1.82, 2.24) is 19.8 Å². The number of benzene rings is 3. The normalized spacial score (nSPS) is 11.1. The van der Waals surface area contributed by atoms with E-state index in [1.165, 1.54) is 0 Å². The van der Waals surface area contributed by atoms with Crippen molar-refractivity contribution in [3.05, 3.63) is 101 Å².